The van der Waals surface area contributed by atoms with E-state index in [1.54, 1.807) is 0 Å². The molecule has 100 valence electrons. The molecule has 0 atom stereocenters. The second-order valence-corrected chi connectivity index (χ2v) is 5.60. The lowest BCUT2D eigenvalue weighted by Gasteiger charge is -2.23. The van der Waals surface area contributed by atoms with Crippen LogP contribution in [-0.2, 0) is 11.2 Å². The third-order valence-electron chi connectivity index (χ3n) is 2.70. The molecule has 0 fully saturated rings. The van der Waals surface area contributed by atoms with Gasteiger partial charge in [0.1, 0.15) is 13.2 Å². The van der Waals surface area contributed by atoms with Gasteiger partial charge in [0, 0.05) is 0 Å². The van der Waals surface area contributed by atoms with Crippen molar-refractivity contribution in [3.8, 4) is 0 Å². The summed E-state index contributed by atoms with van der Waals surface area (Å²) < 4.78 is 6.08. The average molecular weight is 250 g/mol. The van der Waals surface area contributed by atoms with Gasteiger partial charge in [0.15, 0.2) is 0 Å². The van der Waals surface area contributed by atoms with E-state index in [0.717, 1.165) is 23.9 Å². The Bertz CT molecular complexity index is 394. The highest BCUT2D eigenvalue weighted by Crippen LogP contribution is 2.09. The second kappa shape index (κ2) is 6.55. The standard InChI is InChI=1S/C15H24NO2/c1-5-7-13-8-6-9-14(12-13)15(17)18-11-10-16(2,3)4/h6,8-9,12H,5,7,10-11H2,1-4H3/q+1. The Balaban J connectivity index is 2.53. The maximum Gasteiger partial charge on any atom is 0.338 e. The molecule has 0 saturated heterocycles. The average Bonchev–Trinajstić information content (AvgIpc) is 2.28. The minimum Gasteiger partial charge on any atom is -0.456 e. The van der Waals surface area contributed by atoms with Crippen molar-refractivity contribution in [2.45, 2.75) is 19.8 Å². The van der Waals surface area contributed by atoms with Crippen LogP contribution in [0.4, 0.5) is 0 Å². The molecule has 18 heavy (non-hydrogen) atoms. The van der Waals surface area contributed by atoms with Crippen LogP contribution in [0, 0.1) is 0 Å². The van der Waals surface area contributed by atoms with Crippen LogP contribution in [0.1, 0.15) is 29.3 Å². The quantitative estimate of drug-likeness (QED) is 0.573. The summed E-state index contributed by atoms with van der Waals surface area (Å²) in [7, 11) is 6.24. The number of esters is 1. The minimum atomic E-state index is -0.221. The molecule has 1 aromatic rings. The molecule has 1 rings (SSSR count). The molecule has 0 radical (unpaired) electrons. The van der Waals surface area contributed by atoms with Gasteiger partial charge in [-0.1, -0.05) is 25.5 Å². The molecule has 3 nitrogen and oxygen atoms in total. The molecule has 0 aliphatic heterocycles. The fourth-order valence-corrected chi connectivity index (χ4v) is 1.64. The van der Waals surface area contributed by atoms with Gasteiger partial charge in [-0.2, -0.15) is 0 Å². The van der Waals surface area contributed by atoms with E-state index in [2.05, 4.69) is 28.1 Å². The van der Waals surface area contributed by atoms with E-state index in [0.29, 0.717) is 12.2 Å². The van der Waals surface area contributed by atoms with E-state index in [9.17, 15) is 4.79 Å². The molecule has 0 aliphatic carbocycles. The van der Waals surface area contributed by atoms with E-state index >= 15 is 0 Å². The zero-order valence-electron chi connectivity index (χ0n) is 11.9. The van der Waals surface area contributed by atoms with Crippen molar-refractivity contribution in [2.75, 3.05) is 34.3 Å². The number of aryl methyl sites for hydroxylation is 1. The Morgan fingerprint density at radius 3 is 2.61 bits per heavy atom. The SMILES string of the molecule is CCCc1cccc(C(=O)OCC[N+](C)(C)C)c1. The highest BCUT2D eigenvalue weighted by Gasteiger charge is 2.11. The highest BCUT2D eigenvalue weighted by atomic mass is 16.5. The Morgan fingerprint density at radius 2 is 2.00 bits per heavy atom. The van der Waals surface area contributed by atoms with Crippen LogP contribution < -0.4 is 0 Å². The van der Waals surface area contributed by atoms with Gasteiger partial charge in [-0.15, -0.1) is 0 Å². The summed E-state index contributed by atoms with van der Waals surface area (Å²) in [5, 5.41) is 0. The summed E-state index contributed by atoms with van der Waals surface area (Å²) in [6, 6.07) is 7.71. The fourth-order valence-electron chi connectivity index (χ4n) is 1.64. The third kappa shape index (κ3) is 5.32. The Labute approximate surface area is 110 Å². The number of hydrogen-bond donors (Lipinski definition) is 0. The van der Waals surface area contributed by atoms with Crippen molar-refractivity contribution in [2.24, 2.45) is 0 Å². The van der Waals surface area contributed by atoms with E-state index in [1.807, 2.05) is 24.3 Å². The van der Waals surface area contributed by atoms with Crippen LogP contribution in [0.15, 0.2) is 24.3 Å². The number of quaternary nitrogens is 1. The maximum atomic E-state index is 11.9. The van der Waals surface area contributed by atoms with E-state index < -0.39 is 0 Å². The number of likely N-dealkylation sites (N-methyl/N-ethyl adjacent to an activating group) is 1. The topological polar surface area (TPSA) is 26.3 Å². The first-order valence-electron chi connectivity index (χ1n) is 6.49. The Kier molecular flexibility index (Phi) is 5.35. The number of ether oxygens (including phenoxy) is 1. The van der Waals surface area contributed by atoms with Crippen LogP contribution in [-0.4, -0.2) is 44.7 Å². The lowest BCUT2D eigenvalue weighted by atomic mass is 10.1. The van der Waals surface area contributed by atoms with Crippen LogP contribution in [0.2, 0.25) is 0 Å². The number of carbonyl (C=O) groups is 1. The number of benzene rings is 1. The smallest absolute Gasteiger partial charge is 0.338 e. The largest absolute Gasteiger partial charge is 0.456 e. The van der Waals surface area contributed by atoms with Crippen molar-refractivity contribution < 1.29 is 14.0 Å². The predicted molar refractivity (Wildman–Crippen MR) is 73.6 cm³/mol. The Hall–Kier alpha value is -1.35. The van der Waals surface area contributed by atoms with Crippen LogP contribution >= 0.6 is 0 Å². The van der Waals surface area contributed by atoms with E-state index in [4.69, 9.17) is 4.74 Å². The Morgan fingerprint density at radius 1 is 1.28 bits per heavy atom. The highest BCUT2D eigenvalue weighted by molar-refractivity contribution is 5.89. The molecule has 0 unspecified atom stereocenters. The molecule has 3 heteroatoms. The van der Waals surface area contributed by atoms with Crippen molar-refractivity contribution in [1.29, 1.82) is 0 Å². The lowest BCUT2D eigenvalue weighted by Crippen LogP contribution is -2.38. The zero-order chi connectivity index (χ0) is 13.6. The summed E-state index contributed by atoms with van der Waals surface area (Å²) in [4.78, 5) is 11.9. The third-order valence-corrected chi connectivity index (χ3v) is 2.70. The van der Waals surface area contributed by atoms with Gasteiger partial charge in [0.05, 0.1) is 26.7 Å². The summed E-state index contributed by atoms with van der Waals surface area (Å²) in [5.41, 5.74) is 1.85. The van der Waals surface area contributed by atoms with Crippen molar-refractivity contribution >= 4 is 5.97 Å². The van der Waals surface area contributed by atoms with Crippen LogP contribution in [0.25, 0.3) is 0 Å². The number of rotatable bonds is 6. The van der Waals surface area contributed by atoms with Gasteiger partial charge < -0.3 is 9.22 Å². The maximum absolute atomic E-state index is 11.9. The molecule has 0 bridgehead atoms. The molecule has 0 saturated carbocycles. The van der Waals surface area contributed by atoms with E-state index in [-0.39, 0.29) is 5.97 Å². The van der Waals surface area contributed by atoms with E-state index in [1.165, 1.54) is 5.56 Å². The molecular formula is C15H24NO2+. The van der Waals surface area contributed by atoms with Gasteiger partial charge in [-0.3, -0.25) is 0 Å². The molecule has 0 aromatic heterocycles. The van der Waals surface area contributed by atoms with Gasteiger partial charge in [0.2, 0.25) is 0 Å². The first kappa shape index (κ1) is 14.7. The molecular weight excluding hydrogens is 226 g/mol. The van der Waals surface area contributed by atoms with Gasteiger partial charge in [-0.05, 0) is 24.1 Å². The molecule has 0 spiro atoms. The number of hydrogen-bond acceptors (Lipinski definition) is 2. The van der Waals surface area contributed by atoms with Crippen LogP contribution in [0.5, 0.6) is 0 Å². The normalized spacial score (nSPS) is 11.3. The molecule has 1 aromatic carbocycles. The van der Waals surface area contributed by atoms with Crippen molar-refractivity contribution in [1.82, 2.24) is 0 Å². The summed E-state index contributed by atoms with van der Waals surface area (Å²) in [6.45, 7) is 3.41. The van der Waals surface area contributed by atoms with Crippen molar-refractivity contribution in [3.05, 3.63) is 35.4 Å². The van der Waals surface area contributed by atoms with Crippen molar-refractivity contribution in [3.63, 3.8) is 0 Å². The number of carbonyl (C=O) groups excluding carboxylic acids is 1. The summed E-state index contributed by atoms with van der Waals surface area (Å²) >= 11 is 0. The monoisotopic (exact) mass is 250 g/mol. The fraction of sp³-hybridized carbons (Fsp3) is 0.533. The number of nitrogens with zero attached hydrogens (tertiary/aromatic N) is 1. The van der Waals surface area contributed by atoms with Gasteiger partial charge in [-0.25, -0.2) is 4.79 Å². The first-order valence-corrected chi connectivity index (χ1v) is 6.49. The van der Waals surface area contributed by atoms with Crippen LogP contribution in [0.3, 0.4) is 0 Å². The molecule has 0 heterocycles. The molecule has 0 amide bonds. The first-order chi connectivity index (χ1) is 8.42. The molecule has 0 aliphatic rings. The zero-order valence-corrected chi connectivity index (χ0v) is 11.9. The van der Waals surface area contributed by atoms with Gasteiger partial charge in [0.25, 0.3) is 0 Å². The van der Waals surface area contributed by atoms with Gasteiger partial charge >= 0.3 is 5.97 Å². The summed E-state index contributed by atoms with van der Waals surface area (Å²) in [6.07, 6.45) is 2.08. The minimum absolute atomic E-state index is 0.221. The lowest BCUT2D eigenvalue weighted by molar-refractivity contribution is -0.870. The molecule has 0 N–H and O–H groups in total. The second-order valence-electron chi connectivity index (χ2n) is 5.60. The predicted octanol–water partition coefficient (Wildman–Crippen LogP) is 2.50. The summed E-state index contributed by atoms with van der Waals surface area (Å²) in [5.74, 6) is -0.221.